The Morgan fingerprint density at radius 2 is 2.14 bits per heavy atom. The first-order valence-electron chi connectivity index (χ1n) is 6.78. The van der Waals surface area contributed by atoms with Crippen molar-refractivity contribution in [2.75, 3.05) is 19.4 Å². The average Bonchev–Trinajstić information content (AvgIpc) is 2.91. The van der Waals surface area contributed by atoms with Gasteiger partial charge in [-0.3, -0.25) is 9.69 Å². The number of Topliss-reactive ketones (excluding diaryl/α,β-unsaturated/α-hetero) is 1. The van der Waals surface area contributed by atoms with Gasteiger partial charge in [-0.05, 0) is 31.4 Å². The van der Waals surface area contributed by atoms with E-state index in [4.69, 9.17) is 4.74 Å². The summed E-state index contributed by atoms with van der Waals surface area (Å²) in [7, 11) is 1.60. The van der Waals surface area contributed by atoms with Gasteiger partial charge in [-0.25, -0.2) is 4.79 Å². The maximum atomic E-state index is 12.1. The molecule has 2 rings (SSSR count). The van der Waals surface area contributed by atoms with Gasteiger partial charge >= 0.3 is 6.09 Å². The molecule has 0 saturated carbocycles. The number of carbonyl (C=O) groups is 2. The van der Waals surface area contributed by atoms with Gasteiger partial charge < -0.3 is 9.84 Å². The molecule has 1 fully saturated rings. The molecule has 0 radical (unpaired) electrons. The number of para-hydroxylation sites is 1. The highest BCUT2D eigenvalue weighted by atomic mass is 32.2. The van der Waals surface area contributed by atoms with Crippen LogP contribution in [-0.2, 0) is 11.2 Å². The summed E-state index contributed by atoms with van der Waals surface area (Å²) in [6.07, 6.45) is 0.0234. The maximum Gasteiger partial charge on any atom is 0.408 e. The quantitative estimate of drug-likeness (QED) is 0.905. The van der Waals surface area contributed by atoms with Crippen LogP contribution >= 0.6 is 11.8 Å². The lowest BCUT2D eigenvalue weighted by Crippen LogP contribution is -2.50. The number of hydrogen-bond acceptors (Lipinski definition) is 4. The van der Waals surface area contributed by atoms with E-state index in [1.807, 2.05) is 24.3 Å². The van der Waals surface area contributed by atoms with Gasteiger partial charge in [0.05, 0.1) is 7.11 Å². The molecule has 0 aromatic heterocycles. The number of ether oxygens (including phenoxy) is 1. The van der Waals surface area contributed by atoms with Crippen LogP contribution < -0.4 is 4.74 Å². The minimum Gasteiger partial charge on any atom is -0.496 e. The fraction of sp³-hybridized carbons (Fsp3) is 0.467. The summed E-state index contributed by atoms with van der Waals surface area (Å²) in [6.45, 7) is 1.86. The lowest BCUT2D eigenvalue weighted by atomic mass is 10.00. The van der Waals surface area contributed by atoms with Crippen LogP contribution in [0.2, 0.25) is 0 Å². The Hall–Kier alpha value is -1.69. The SMILES string of the molecule is COc1ccccc1CC[C@]1(C(C)=O)SCCN1C(=O)O. The van der Waals surface area contributed by atoms with Crippen molar-refractivity contribution in [2.24, 2.45) is 0 Å². The van der Waals surface area contributed by atoms with E-state index in [-0.39, 0.29) is 5.78 Å². The molecule has 1 aromatic carbocycles. The first-order valence-corrected chi connectivity index (χ1v) is 7.77. The van der Waals surface area contributed by atoms with Gasteiger partial charge in [0.1, 0.15) is 5.75 Å². The highest BCUT2D eigenvalue weighted by Crippen LogP contribution is 2.41. The van der Waals surface area contributed by atoms with E-state index in [1.54, 1.807) is 7.11 Å². The Balaban J connectivity index is 2.21. The van der Waals surface area contributed by atoms with E-state index >= 15 is 0 Å². The number of hydrogen-bond donors (Lipinski definition) is 1. The third kappa shape index (κ3) is 3.00. The van der Waals surface area contributed by atoms with Gasteiger partial charge in [-0.1, -0.05) is 18.2 Å². The molecule has 1 aliphatic heterocycles. The average molecular weight is 309 g/mol. The Labute approximate surface area is 128 Å². The number of carbonyl (C=O) groups excluding carboxylic acids is 1. The molecule has 1 aliphatic rings. The Kier molecular flexibility index (Phi) is 4.77. The van der Waals surface area contributed by atoms with E-state index in [9.17, 15) is 14.7 Å². The zero-order valence-electron chi connectivity index (χ0n) is 12.2. The van der Waals surface area contributed by atoms with E-state index in [1.165, 1.54) is 23.6 Å². The molecular weight excluding hydrogens is 290 g/mol. The van der Waals surface area contributed by atoms with Crippen molar-refractivity contribution in [3.05, 3.63) is 29.8 Å². The van der Waals surface area contributed by atoms with Crippen LogP contribution in [0.15, 0.2) is 24.3 Å². The van der Waals surface area contributed by atoms with Crippen LogP contribution in [0, 0.1) is 0 Å². The summed E-state index contributed by atoms with van der Waals surface area (Å²) < 4.78 is 5.31. The van der Waals surface area contributed by atoms with Crippen LogP contribution in [0.25, 0.3) is 0 Å². The fourth-order valence-corrected chi connectivity index (χ4v) is 4.09. The highest BCUT2D eigenvalue weighted by molar-refractivity contribution is 8.01. The molecule has 5 nitrogen and oxygen atoms in total. The van der Waals surface area contributed by atoms with Crippen molar-refractivity contribution in [2.45, 2.75) is 24.6 Å². The van der Waals surface area contributed by atoms with Gasteiger partial charge in [0.2, 0.25) is 0 Å². The van der Waals surface area contributed by atoms with Crippen LogP contribution in [0.3, 0.4) is 0 Å². The molecule has 21 heavy (non-hydrogen) atoms. The fourth-order valence-electron chi connectivity index (χ4n) is 2.70. The summed E-state index contributed by atoms with van der Waals surface area (Å²) in [5, 5.41) is 9.33. The topological polar surface area (TPSA) is 66.8 Å². The molecule has 0 bridgehead atoms. The third-order valence-corrected chi connectivity index (χ3v) is 5.37. The molecule has 1 aromatic rings. The Morgan fingerprint density at radius 1 is 1.43 bits per heavy atom. The summed E-state index contributed by atoms with van der Waals surface area (Å²) in [4.78, 5) is 23.8. The standard InChI is InChI=1S/C15H19NO4S/c1-11(17)15(16(14(18)19)9-10-21-15)8-7-12-5-3-4-6-13(12)20-2/h3-6H,7-10H2,1-2H3,(H,18,19)/t15-/m1/s1. The number of rotatable bonds is 5. The summed E-state index contributed by atoms with van der Waals surface area (Å²) in [5.41, 5.74) is 0.985. The number of aryl methyl sites for hydroxylation is 1. The van der Waals surface area contributed by atoms with E-state index in [2.05, 4.69) is 0 Å². The van der Waals surface area contributed by atoms with Crippen LogP contribution in [0.4, 0.5) is 4.79 Å². The zero-order valence-corrected chi connectivity index (χ0v) is 13.0. The molecule has 0 unspecified atom stereocenters. The lowest BCUT2D eigenvalue weighted by Gasteiger charge is -2.33. The smallest absolute Gasteiger partial charge is 0.408 e. The monoisotopic (exact) mass is 309 g/mol. The normalized spacial score (nSPS) is 21.3. The summed E-state index contributed by atoms with van der Waals surface area (Å²) in [6, 6.07) is 7.61. The molecule has 0 spiro atoms. The number of ketones is 1. The van der Waals surface area contributed by atoms with Gasteiger partial charge in [-0.15, -0.1) is 11.8 Å². The van der Waals surface area contributed by atoms with Crippen molar-refractivity contribution >= 4 is 23.6 Å². The molecule has 1 N–H and O–H groups in total. The van der Waals surface area contributed by atoms with Crippen LogP contribution in [0.1, 0.15) is 18.9 Å². The molecule has 114 valence electrons. The number of carboxylic acid groups (broad SMARTS) is 1. The van der Waals surface area contributed by atoms with Crippen molar-refractivity contribution < 1.29 is 19.4 Å². The van der Waals surface area contributed by atoms with Crippen molar-refractivity contribution in [3.63, 3.8) is 0 Å². The summed E-state index contributed by atoms with van der Waals surface area (Å²) in [5.74, 6) is 1.31. The second kappa shape index (κ2) is 6.39. The predicted octanol–water partition coefficient (Wildman–Crippen LogP) is 2.64. The van der Waals surface area contributed by atoms with Crippen molar-refractivity contribution in [3.8, 4) is 5.75 Å². The molecular formula is C15H19NO4S. The lowest BCUT2D eigenvalue weighted by molar-refractivity contribution is -0.123. The number of thioether (sulfide) groups is 1. The van der Waals surface area contributed by atoms with Gasteiger partial charge in [0.25, 0.3) is 0 Å². The predicted molar refractivity (Wildman–Crippen MR) is 81.9 cm³/mol. The molecule has 1 amide bonds. The second-order valence-corrected chi connectivity index (χ2v) is 6.31. The molecule has 0 aliphatic carbocycles. The van der Waals surface area contributed by atoms with Crippen LogP contribution in [0.5, 0.6) is 5.75 Å². The number of amides is 1. The minimum atomic E-state index is -1.03. The molecule has 6 heteroatoms. The Bertz CT molecular complexity index is 548. The van der Waals surface area contributed by atoms with Crippen molar-refractivity contribution in [1.82, 2.24) is 4.90 Å². The highest BCUT2D eigenvalue weighted by Gasteiger charge is 2.48. The van der Waals surface area contributed by atoms with E-state index in [0.717, 1.165) is 11.3 Å². The van der Waals surface area contributed by atoms with Crippen molar-refractivity contribution in [1.29, 1.82) is 0 Å². The van der Waals surface area contributed by atoms with Crippen LogP contribution in [-0.4, -0.2) is 46.2 Å². The number of benzene rings is 1. The summed E-state index contributed by atoms with van der Waals surface area (Å²) >= 11 is 1.42. The number of nitrogens with zero attached hydrogens (tertiary/aromatic N) is 1. The zero-order chi connectivity index (χ0) is 15.5. The van der Waals surface area contributed by atoms with Gasteiger partial charge in [-0.2, -0.15) is 0 Å². The first-order chi connectivity index (χ1) is 10.0. The molecule has 1 atom stereocenters. The Morgan fingerprint density at radius 3 is 2.76 bits per heavy atom. The van der Waals surface area contributed by atoms with Gasteiger partial charge in [0.15, 0.2) is 10.7 Å². The van der Waals surface area contributed by atoms with Gasteiger partial charge in [0, 0.05) is 12.3 Å². The largest absolute Gasteiger partial charge is 0.496 e. The molecule has 1 saturated heterocycles. The number of methoxy groups -OCH3 is 1. The van der Waals surface area contributed by atoms with E-state index < -0.39 is 11.0 Å². The second-order valence-electron chi connectivity index (χ2n) is 4.94. The minimum absolute atomic E-state index is 0.109. The molecule has 1 heterocycles. The third-order valence-electron chi connectivity index (χ3n) is 3.80. The van der Waals surface area contributed by atoms with E-state index in [0.29, 0.717) is 25.1 Å². The first kappa shape index (κ1) is 15.7. The maximum absolute atomic E-state index is 12.1.